The molecule has 0 aliphatic rings. The molecule has 64 valence electrons. The van der Waals surface area contributed by atoms with Crippen LogP contribution < -0.4 is 5.73 Å². The monoisotopic (exact) mass is 165 g/mol. The summed E-state index contributed by atoms with van der Waals surface area (Å²) in [5.41, 5.74) is 7.88. The molecule has 0 atom stereocenters. The van der Waals surface area contributed by atoms with Crippen molar-refractivity contribution in [3.8, 4) is 0 Å². The van der Waals surface area contributed by atoms with Crippen LogP contribution in [-0.2, 0) is 16.1 Å². The van der Waals surface area contributed by atoms with Crippen LogP contribution in [0.15, 0.2) is 24.3 Å². The zero-order valence-electron chi connectivity index (χ0n) is 6.91. The van der Waals surface area contributed by atoms with Crippen molar-refractivity contribution in [3.63, 3.8) is 0 Å². The summed E-state index contributed by atoms with van der Waals surface area (Å²) in [7, 11) is 0. The third-order valence-electron chi connectivity index (χ3n) is 1.36. The topological polar surface area (TPSA) is 60.2 Å². The molecule has 0 heterocycles. The smallest absolute Gasteiger partial charge is 0.326 e. The lowest BCUT2D eigenvalue weighted by molar-refractivity contribution is -0.191. The molecule has 3 nitrogen and oxygen atoms in total. The maximum Gasteiger partial charge on any atom is 0.373 e. The normalized spacial score (nSPS) is 7.83. The molecule has 1 aromatic carbocycles. The molecule has 12 heavy (non-hydrogen) atoms. The Morgan fingerprint density at radius 1 is 1.25 bits per heavy atom. The van der Waals surface area contributed by atoms with Gasteiger partial charge in [0.2, 0.25) is 0 Å². The molecule has 0 unspecified atom stereocenters. The minimum absolute atomic E-state index is 0.250. The van der Waals surface area contributed by atoms with E-state index >= 15 is 0 Å². The van der Waals surface area contributed by atoms with Crippen LogP contribution >= 0.6 is 0 Å². The van der Waals surface area contributed by atoms with Gasteiger partial charge >= 0.3 is 6.15 Å². The minimum Gasteiger partial charge on any atom is -0.326 e. The van der Waals surface area contributed by atoms with Crippen LogP contribution in [0.4, 0.5) is 0 Å². The largest absolute Gasteiger partial charge is 0.373 e. The summed E-state index contributed by atoms with van der Waals surface area (Å²) in [6.45, 7) is 2.71. The predicted octanol–water partition coefficient (Wildman–Crippen LogP) is 0.870. The summed E-state index contributed by atoms with van der Waals surface area (Å²) in [6, 6.07) is 8.25. The van der Waals surface area contributed by atoms with Crippen LogP contribution in [0.5, 0.6) is 0 Å². The molecule has 1 aromatic rings. The summed E-state index contributed by atoms with van der Waals surface area (Å²) in [4.78, 5) is 16.2. The van der Waals surface area contributed by atoms with Crippen LogP contribution in [0.2, 0.25) is 0 Å². The summed E-state index contributed by atoms with van der Waals surface area (Å²) in [5, 5.41) is 0. The van der Waals surface area contributed by atoms with Crippen molar-refractivity contribution in [2.45, 2.75) is 13.5 Å². The summed E-state index contributed by atoms with van der Waals surface area (Å²) < 4.78 is 0. The minimum atomic E-state index is 0.250. The predicted molar refractivity (Wildman–Crippen MR) is 44.1 cm³/mol. The molecule has 2 N–H and O–H groups in total. The van der Waals surface area contributed by atoms with Gasteiger partial charge in [-0.3, -0.25) is 0 Å². The highest BCUT2D eigenvalue weighted by molar-refractivity contribution is 5.20. The molecular weight excluding hydrogens is 154 g/mol. The lowest BCUT2D eigenvalue weighted by atomic mass is 10.2. The van der Waals surface area contributed by atoms with Crippen LogP contribution in [0.3, 0.4) is 0 Å². The summed E-state index contributed by atoms with van der Waals surface area (Å²) in [5.74, 6) is 0. The highest BCUT2D eigenvalue weighted by atomic mass is 16.2. The van der Waals surface area contributed by atoms with Crippen molar-refractivity contribution in [1.29, 1.82) is 0 Å². The van der Waals surface area contributed by atoms with E-state index in [9.17, 15) is 0 Å². The highest BCUT2D eigenvalue weighted by Crippen LogP contribution is 2.00. The molecule has 0 saturated carbocycles. The van der Waals surface area contributed by atoms with Gasteiger partial charge in [0, 0.05) is 6.54 Å². The first-order valence-electron chi connectivity index (χ1n) is 3.49. The van der Waals surface area contributed by atoms with Crippen molar-refractivity contribution < 1.29 is 9.59 Å². The molecule has 0 aromatic heterocycles. The van der Waals surface area contributed by atoms with Gasteiger partial charge in [-0.1, -0.05) is 29.8 Å². The van der Waals surface area contributed by atoms with E-state index in [0.29, 0.717) is 6.54 Å². The molecule has 0 aliphatic heterocycles. The van der Waals surface area contributed by atoms with Crippen molar-refractivity contribution in [2.75, 3.05) is 0 Å². The zero-order valence-corrected chi connectivity index (χ0v) is 6.91. The van der Waals surface area contributed by atoms with Gasteiger partial charge in [-0.25, -0.2) is 0 Å². The second-order valence-corrected chi connectivity index (χ2v) is 2.27. The van der Waals surface area contributed by atoms with Gasteiger partial charge in [0.05, 0.1) is 0 Å². The molecule has 0 saturated heterocycles. The zero-order chi connectivity index (χ0) is 9.40. The van der Waals surface area contributed by atoms with Gasteiger partial charge in [0.1, 0.15) is 0 Å². The maximum absolute atomic E-state index is 8.12. The SMILES string of the molecule is Cc1ccc(CN)cc1.O=C=O. The third kappa shape index (κ3) is 4.39. The van der Waals surface area contributed by atoms with Crippen LogP contribution in [0.25, 0.3) is 0 Å². The first-order chi connectivity index (χ1) is 5.74. The van der Waals surface area contributed by atoms with Crippen molar-refractivity contribution >= 4 is 6.15 Å². The van der Waals surface area contributed by atoms with Gasteiger partial charge in [-0.15, -0.1) is 0 Å². The second-order valence-electron chi connectivity index (χ2n) is 2.27. The fourth-order valence-corrected chi connectivity index (χ4v) is 0.724. The van der Waals surface area contributed by atoms with E-state index in [-0.39, 0.29) is 6.15 Å². The quantitative estimate of drug-likeness (QED) is 0.671. The molecule has 0 amide bonds. The Morgan fingerprint density at radius 3 is 2.00 bits per heavy atom. The molecule has 0 aliphatic carbocycles. The van der Waals surface area contributed by atoms with Gasteiger partial charge in [0.25, 0.3) is 0 Å². The van der Waals surface area contributed by atoms with Gasteiger partial charge in [-0.05, 0) is 12.5 Å². The Morgan fingerprint density at radius 2 is 1.67 bits per heavy atom. The fourth-order valence-electron chi connectivity index (χ4n) is 0.724. The van der Waals surface area contributed by atoms with Gasteiger partial charge in [0.15, 0.2) is 0 Å². The Balaban J connectivity index is 0.000000354. The molecule has 0 spiro atoms. The highest BCUT2D eigenvalue weighted by Gasteiger charge is 1.84. The average molecular weight is 165 g/mol. The van der Waals surface area contributed by atoms with E-state index in [2.05, 4.69) is 31.2 Å². The Hall–Kier alpha value is -1.44. The Kier molecular flexibility index (Phi) is 5.53. The van der Waals surface area contributed by atoms with E-state index in [1.165, 1.54) is 11.1 Å². The standard InChI is InChI=1S/C8H11N.CO2/c1-7-2-4-8(6-9)5-3-7;2-1-3/h2-5H,6,9H2,1H3;. The first kappa shape index (κ1) is 10.6. The van der Waals surface area contributed by atoms with Gasteiger partial charge in [-0.2, -0.15) is 9.59 Å². The molecule has 0 fully saturated rings. The van der Waals surface area contributed by atoms with Crippen LogP contribution in [-0.4, -0.2) is 6.15 Å². The summed E-state index contributed by atoms with van der Waals surface area (Å²) >= 11 is 0. The lowest BCUT2D eigenvalue weighted by Gasteiger charge is -1.94. The average Bonchev–Trinajstić information content (AvgIpc) is 2.07. The third-order valence-corrected chi connectivity index (χ3v) is 1.36. The maximum atomic E-state index is 8.12. The molecule has 0 bridgehead atoms. The van der Waals surface area contributed by atoms with Crippen LogP contribution in [0, 0.1) is 6.92 Å². The number of rotatable bonds is 1. The lowest BCUT2D eigenvalue weighted by Crippen LogP contribution is -1.94. The number of hydrogen-bond donors (Lipinski definition) is 1. The molecule has 1 rings (SSSR count). The Labute approximate surface area is 71.2 Å². The van der Waals surface area contributed by atoms with E-state index in [1.54, 1.807) is 0 Å². The van der Waals surface area contributed by atoms with Crippen molar-refractivity contribution in [3.05, 3.63) is 35.4 Å². The number of benzene rings is 1. The molecular formula is C9H11NO2. The number of hydrogen-bond acceptors (Lipinski definition) is 3. The molecule has 0 radical (unpaired) electrons. The first-order valence-corrected chi connectivity index (χ1v) is 3.49. The molecule has 3 heteroatoms. The van der Waals surface area contributed by atoms with E-state index < -0.39 is 0 Å². The summed E-state index contributed by atoms with van der Waals surface area (Å²) in [6.07, 6.45) is 0.250. The number of aryl methyl sites for hydroxylation is 1. The second kappa shape index (κ2) is 6.28. The number of nitrogens with two attached hydrogens (primary N) is 1. The Bertz CT molecular complexity index is 248. The number of carbonyl (C=O) groups excluding carboxylic acids is 2. The van der Waals surface area contributed by atoms with Crippen molar-refractivity contribution in [2.24, 2.45) is 5.73 Å². The van der Waals surface area contributed by atoms with Crippen molar-refractivity contribution in [1.82, 2.24) is 0 Å². The van der Waals surface area contributed by atoms with E-state index in [0.717, 1.165) is 0 Å². The fraction of sp³-hybridized carbons (Fsp3) is 0.222. The van der Waals surface area contributed by atoms with E-state index in [1.807, 2.05) is 0 Å². The van der Waals surface area contributed by atoms with E-state index in [4.69, 9.17) is 15.3 Å². The van der Waals surface area contributed by atoms with Gasteiger partial charge < -0.3 is 5.73 Å². The van der Waals surface area contributed by atoms with Crippen LogP contribution in [0.1, 0.15) is 11.1 Å².